The second-order valence-electron chi connectivity index (χ2n) is 9.71. The summed E-state index contributed by atoms with van der Waals surface area (Å²) in [6, 6.07) is 7.35. The van der Waals surface area contributed by atoms with E-state index in [9.17, 15) is 13.2 Å². The van der Waals surface area contributed by atoms with E-state index in [4.69, 9.17) is 4.98 Å². The van der Waals surface area contributed by atoms with Crippen LogP contribution in [0.1, 0.15) is 47.1 Å². The van der Waals surface area contributed by atoms with Crippen molar-refractivity contribution in [1.82, 2.24) is 29.7 Å². The van der Waals surface area contributed by atoms with Crippen molar-refractivity contribution in [2.24, 2.45) is 0 Å². The summed E-state index contributed by atoms with van der Waals surface area (Å²) >= 11 is 0. The third-order valence-corrected chi connectivity index (χ3v) is 7.35. The Labute approximate surface area is 216 Å². The molecule has 12 heteroatoms. The molecule has 37 heavy (non-hydrogen) atoms. The van der Waals surface area contributed by atoms with Gasteiger partial charge in [0, 0.05) is 60.9 Å². The Bertz CT molecular complexity index is 1410. The van der Waals surface area contributed by atoms with Crippen LogP contribution in [0.2, 0.25) is 0 Å². The van der Waals surface area contributed by atoms with Crippen LogP contribution in [-0.4, -0.2) is 68.9 Å². The smallest absolute Gasteiger partial charge is 0.254 e. The van der Waals surface area contributed by atoms with Crippen molar-refractivity contribution in [1.29, 1.82) is 0 Å². The van der Waals surface area contributed by atoms with Crippen molar-refractivity contribution in [3.8, 4) is 0 Å². The number of nitrogens with one attached hydrogen (secondary N) is 2. The van der Waals surface area contributed by atoms with Crippen LogP contribution in [-0.2, 0) is 23.1 Å². The number of nitrogens with zero attached hydrogens (tertiary/aromatic N) is 6. The fourth-order valence-corrected chi connectivity index (χ4v) is 5.41. The maximum Gasteiger partial charge on any atom is 0.254 e. The largest absolute Gasteiger partial charge is 0.336 e. The van der Waals surface area contributed by atoms with Gasteiger partial charge in [-0.1, -0.05) is 0 Å². The van der Waals surface area contributed by atoms with Crippen molar-refractivity contribution >= 4 is 33.4 Å². The van der Waals surface area contributed by atoms with Crippen molar-refractivity contribution < 1.29 is 13.2 Å². The zero-order valence-electron chi connectivity index (χ0n) is 21.0. The minimum absolute atomic E-state index is 0.0341. The highest BCUT2D eigenvalue weighted by Gasteiger charge is 2.35. The maximum atomic E-state index is 13.2. The standard InChI is InChI=1S/C25H30N8O3S/c1-16-4-5-20(13-27-16)29-25-28-12-19-14-32(15-22(19)30-25)21-7-9-33(17(2)10-21)24(34)18-6-8-26-23(11-18)31-37(3,35)36/h4-6,8,11-13,17,21H,7,9-10,14-15H2,1-3H3,(H,26,31)(H,28,29,30)/t17-,21+/m1/s1. The molecule has 3 aromatic rings. The van der Waals surface area contributed by atoms with Gasteiger partial charge in [-0.05, 0) is 51.0 Å². The lowest BCUT2D eigenvalue weighted by atomic mass is 9.96. The average Bonchev–Trinajstić information content (AvgIpc) is 3.28. The van der Waals surface area contributed by atoms with E-state index in [-0.39, 0.29) is 17.8 Å². The van der Waals surface area contributed by atoms with E-state index in [1.54, 1.807) is 12.3 Å². The lowest BCUT2D eigenvalue weighted by Crippen LogP contribution is -2.50. The minimum Gasteiger partial charge on any atom is -0.336 e. The van der Waals surface area contributed by atoms with Crippen LogP contribution in [0.15, 0.2) is 42.9 Å². The Morgan fingerprint density at radius 3 is 2.68 bits per heavy atom. The van der Waals surface area contributed by atoms with E-state index in [1.807, 2.05) is 30.2 Å². The van der Waals surface area contributed by atoms with E-state index in [0.717, 1.165) is 54.8 Å². The predicted octanol–water partition coefficient (Wildman–Crippen LogP) is 2.70. The lowest BCUT2D eigenvalue weighted by Gasteiger charge is -2.41. The van der Waals surface area contributed by atoms with Gasteiger partial charge in [0.2, 0.25) is 16.0 Å². The number of sulfonamides is 1. The van der Waals surface area contributed by atoms with E-state index >= 15 is 0 Å². The van der Waals surface area contributed by atoms with Gasteiger partial charge >= 0.3 is 0 Å². The van der Waals surface area contributed by atoms with Crippen LogP contribution in [0.25, 0.3) is 0 Å². The molecular formula is C25H30N8O3S. The summed E-state index contributed by atoms with van der Waals surface area (Å²) in [6.07, 6.45) is 7.84. The summed E-state index contributed by atoms with van der Waals surface area (Å²) in [7, 11) is -3.47. The minimum atomic E-state index is -3.47. The first kappa shape index (κ1) is 25.0. The predicted molar refractivity (Wildman–Crippen MR) is 140 cm³/mol. The molecule has 1 fully saturated rings. The fraction of sp³-hybridized carbons (Fsp3) is 0.400. The lowest BCUT2D eigenvalue weighted by molar-refractivity contribution is 0.0460. The third kappa shape index (κ3) is 5.86. The summed E-state index contributed by atoms with van der Waals surface area (Å²) in [5, 5.41) is 3.22. The molecule has 0 spiro atoms. The summed E-state index contributed by atoms with van der Waals surface area (Å²) in [4.78, 5) is 35.0. The average molecular weight is 523 g/mol. The van der Waals surface area contributed by atoms with Crippen LogP contribution in [0.4, 0.5) is 17.5 Å². The number of anilines is 3. The molecule has 11 nitrogen and oxygen atoms in total. The number of carbonyl (C=O) groups is 1. The molecule has 3 aromatic heterocycles. The number of piperidine rings is 1. The fourth-order valence-electron chi connectivity index (χ4n) is 4.92. The first-order valence-electron chi connectivity index (χ1n) is 12.2. The van der Waals surface area contributed by atoms with E-state index in [0.29, 0.717) is 24.1 Å². The SMILES string of the molecule is Cc1ccc(Nc2ncc3c(n2)CN([C@H]2CCN(C(=O)c4ccnc(NS(C)(=O)=O)c4)[C@H](C)C2)C3)cn1. The molecule has 2 aliphatic heterocycles. The van der Waals surface area contributed by atoms with Gasteiger partial charge in [-0.2, -0.15) is 0 Å². The molecule has 0 aliphatic carbocycles. The zero-order chi connectivity index (χ0) is 26.2. The Balaban J connectivity index is 1.20. The molecule has 1 amide bonds. The topological polar surface area (TPSA) is 133 Å². The van der Waals surface area contributed by atoms with Crippen molar-refractivity contribution in [2.45, 2.75) is 51.9 Å². The second-order valence-corrected chi connectivity index (χ2v) is 11.5. The van der Waals surface area contributed by atoms with Gasteiger partial charge in [0.1, 0.15) is 5.82 Å². The molecule has 0 radical (unpaired) electrons. The first-order valence-corrected chi connectivity index (χ1v) is 14.1. The molecule has 194 valence electrons. The number of rotatable bonds is 6. The van der Waals surface area contributed by atoms with Crippen LogP contribution < -0.4 is 10.0 Å². The quantitative estimate of drug-likeness (QED) is 0.501. The van der Waals surface area contributed by atoms with Crippen molar-refractivity contribution in [2.75, 3.05) is 22.8 Å². The summed E-state index contributed by atoms with van der Waals surface area (Å²) in [5.74, 6) is 0.572. The Kier molecular flexibility index (Phi) is 6.78. The van der Waals surface area contributed by atoms with Gasteiger partial charge in [-0.15, -0.1) is 0 Å². The zero-order valence-corrected chi connectivity index (χ0v) is 21.9. The number of amides is 1. The van der Waals surface area contributed by atoms with Gasteiger partial charge in [0.25, 0.3) is 5.91 Å². The van der Waals surface area contributed by atoms with E-state index in [2.05, 4.69) is 36.8 Å². The van der Waals surface area contributed by atoms with E-state index in [1.165, 1.54) is 12.3 Å². The van der Waals surface area contributed by atoms with Crippen LogP contribution >= 0.6 is 0 Å². The molecule has 2 aliphatic rings. The van der Waals surface area contributed by atoms with Crippen LogP contribution in [0.3, 0.4) is 0 Å². The van der Waals surface area contributed by atoms with Crippen molar-refractivity contribution in [3.05, 3.63) is 65.4 Å². The number of aromatic nitrogens is 4. The number of likely N-dealkylation sites (tertiary alicyclic amines) is 1. The molecule has 2 atom stereocenters. The summed E-state index contributed by atoms with van der Waals surface area (Å²) < 4.78 is 25.4. The van der Waals surface area contributed by atoms with Gasteiger partial charge in [-0.25, -0.2) is 23.4 Å². The van der Waals surface area contributed by atoms with Gasteiger partial charge in [-0.3, -0.25) is 19.4 Å². The molecule has 5 rings (SSSR count). The highest BCUT2D eigenvalue weighted by Crippen LogP contribution is 2.30. The molecular weight excluding hydrogens is 492 g/mol. The van der Waals surface area contributed by atoms with Crippen LogP contribution in [0, 0.1) is 6.92 Å². The second kappa shape index (κ2) is 10.0. The number of fused-ring (bicyclic) bond motifs is 1. The Morgan fingerprint density at radius 1 is 1.11 bits per heavy atom. The summed E-state index contributed by atoms with van der Waals surface area (Å²) in [6.45, 7) is 6.15. The summed E-state index contributed by atoms with van der Waals surface area (Å²) in [5.41, 5.74) is 4.36. The number of pyridine rings is 2. The number of hydrogen-bond donors (Lipinski definition) is 2. The molecule has 0 saturated carbocycles. The highest BCUT2D eigenvalue weighted by molar-refractivity contribution is 7.92. The number of aryl methyl sites for hydroxylation is 1. The number of carbonyl (C=O) groups excluding carboxylic acids is 1. The molecule has 5 heterocycles. The maximum absolute atomic E-state index is 13.2. The third-order valence-electron chi connectivity index (χ3n) is 6.77. The molecule has 0 bridgehead atoms. The molecule has 2 N–H and O–H groups in total. The van der Waals surface area contributed by atoms with Gasteiger partial charge in [0.15, 0.2) is 0 Å². The number of hydrogen-bond acceptors (Lipinski definition) is 9. The first-order chi connectivity index (χ1) is 17.6. The Morgan fingerprint density at radius 2 is 1.95 bits per heavy atom. The molecule has 0 aromatic carbocycles. The normalized spacial score (nSPS) is 19.9. The highest BCUT2D eigenvalue weighted by atomic mass is 32.2. The molecule has 1 saturated heterocycles. The van der Waals surface area contributed by atoms with Gasteiger partial charge < -0.3 is 10.2 Å². The molecule has 0 unspecified atom stereocenters. The van der Waals surface area contributed by atoms with Crippen LogP contribution in [0.5, 0.6) is 0 Å². The van der Waals surface area contributed by atoms with Gasteiger partial charge in [0.05, 0.1) is 23.8 Å². The Hall–Kier alpha value is -3.64. The van der Waals surface area contributed by atoms with E-state index < -0.39 is 10.0 Å². The monoisotopic (exact) mass is 522 g/mol. The van der Waals surface area contributed by atoms with Crippen molar-refractivity contribution in [3.63, 3.8) is 0 Å².